The lowest BCUT2D eigenvalue weighted by Crippen LogP contribution is -2.50. The molecule has 0 aromatic rings. The fourth-order valence-corrected chi connectivity index (χ4v) is 5.42. The molecule has 38 heavy (non-hydrogen) atoms. The van der Waals surface area contributed by atoms with Gasteiger partial charge in [0.2, 0.25) is 5.91 Å². The lowest BCUT2D eigenvalue weighted by molar-refractivity contribution is -0.144. The van der Waals surface area contributed by atoms with Crippen molar-refractivity contribution in [3.63, 3.8) is 0 Å². The van der Waals surface area contributed by atoms with Gasteiger partial charge >= 0.3 is 11.9 Å². The second-order valence-corrected chi connectivity index (χ2v) is 11.1. The molecular formula is C29H43NO8. The first-order chi connectivity index (χ1) is 17.9. The summed E-state index contributed by atoms with van der Waals surface area (Å²) in [5.41, 5.74) is 0.827. The van der Waals surface area contributed by atoms with Gasteiger partial charge in [-0.1, -0.05) is 30.7 Å². The van der Waals surface area contributed by atoms with E-state index < -0.39 is 12.1 Å². The fourth-order valence-electron chi connectivity index (χ4n) is 5.42. The minimum Gasteiger partial charge on any atom is -0.481 e. The van der Waals surface area contributed by atoms with Crippen molar-refractivity contribution in [3.05, 3.63) is 36.0 Å². The highest BCUT2D eigenvalue weighted by Gasteiger charge is 2.57. The van der Waals surface area contributed by atoms with Crippen LogP contribution in [0.25, 0.3) is 0 Å². The average molecular weight is 534 g/mol. The Morgan fingerprint density at radius 2 is 1.84 bits per heavy atom. The smallest absolute Gasteiger partial charge is 0.305 e. The molecule has 3 saturated heterocycles. The van der Waals surface area contributed by atoms with Gasteiger partial charge < -0.3 is 29.4 Å². The van der Waals surface area contributed by atoms with Crippen LogP contribution in [0.1, 0.15) is 73.6 Å². The number of rotatable bonds is 10. The number of nitrogens with one attached hydrogen (secondary N) is 1. The highest BCUT2D eigenvalue weighted by atomic mass is 16.6. The number of allylic oxidation sites excluding steroid dienone is 2. The van der Waals surface area contributed by atoms with Crippen LogP contribution in [-0.4, -0.2) is 71.2 Å². The third-order valence-corrected chi connectivity index (χ3v) is 7.65. The van der Waals surface area contributed by atoms with E-state index >= 15 is 0 Å². The lowest BCUT2D eigenvalue weighted by Gasteiger charge is -2.39. The van der Waals surface area contributed by atoms with E-state index in [1.807, 2.05) is 32.9 Å². The molecule has 212 valence electrons. The Morgan fingerprint density at radius 1 is 1.13 bits per heavy atom. The fraction of sp³-hybridized carbons (Fsp3) is 0.690. The molecule has 0 saturated carbocycles. The summed E-state index contributed by atoms with van der Waals surface area (Å²) in [7, 11) is 0. The molecule has 9 atom stereocenters. The third-order valence-electron chi connectivity index (χ3n) is 7.65. The van der Waals surface area contributed by atoms with Gasteiger partial charge in [0.1, 0.15) is 6.10 Å². The van der Waals surface area contributed by atoms with Crippen LogP contribution >= 0.6 is 0 Å². The molecule has 9 heteroatoms. The van der Waals surface area contributed by atoms with E-state index in [1.165, 1.54) is 13.0 Å². The van der Waals surface area contributed by atoms with Gasteiger partial charge in [-0.15, -0.1) is 0 Å². The van der Waals surface area contributed by atoms with Crippen LogP contribution in [0.2, 0.25) is 0 Å². The molecule has 0 radical (unpaired) electrons. The van der Waals surface area contributed by atoms with E-state index in [2.05, 4.69) is 18.3 Å². The Hall–Kier alpha value is -2.49. The molecular weight excluding hydrogens is 490 g/mol. The van der Waals surface area contributed by atoms with Gasteiger partial charge in [0.05, 0.1) is 48.6 Å². The summed E-state index contributed by atoms with van der Waals surface area (Å²) in [4.78, 5) is 34.5. The molecule has 3 aliphatic rings. The zero-order chi connectivity index (χ0) is 28.0. The molecule has 9 nitrogen and oxygen atoms in total. The summed E-state index contributed by atoms with van der Waals surface area (Å²) in [6, 6.07) is -0.103. The molecule has 3 rings (SSSR count). The molecule has 3 fully saturated rings. The van der Waals surface area contributed by atoms with E-state index in [0.29, 0.717) is 6.42 Å². The van der Waals surface area contributed by atoms with Gasteiger partial charge in [0.25, 0.3) is 0 Å². The Labute approximate surface area is 225 Å². The number of aliphatic carboxylic acids is 1. The maximum Gasteiger partial charge on any atom is 0.305 e. The van der Waals surface area contributed by atoms with Gasteiger partial charge in [0, 0.05) is 25.8 Å². The SMILES string of the molecule is CC(=O)OC(C)C=CC(=O)NC1CC(C)C(CC=C(C)C=CC2CC3(CC(CC(=O)O)O2)OC3C)OC1C. The van der Waals surface area contributed by atoms with Crippen LogP contribution in [0.4, 0.5) is 0 Å². The van der Waals surface area contributed by atoms with Crippen molar-refractivity contribution in [2.24, 2.45) is 5.92 Å². The lowest BCUT2D eigenvalue weighted by atomic mass is 9.87. The summed E-state index contributed by atoms with van der Waals surface area (Å²) in [6.07, 6.45) is 11.1. The molecule has 0 bridgehead atoms. The van der Waals surface area contributed by atoms with Gasteiger partial charge in [-0.05, 0) is 52.5 Å². The van der Waals surface area contributed by atoms with Crippen molar-refractivity contribution in [1.82, 2.24) is 5.32 Å². The number of carbonyl (C=O) groups excluding carboxylic acids is 2. The molecule has 0 aromatic carbocycles. The van der Waals surface area contributed by atoms with Gasteiger partial charge in [0.15, 0.2) is 0 Å². The molecule has 9 unspecified atom stereocenters. The minimum absolute atomic E-state index is 0.0166. The highest BCUT2D eigenvalue weighted by molar-refractivity contribution is 5.87. The number of hydrogen-bond donors (Lipinski definition) is 2. The van der Waals surface area contributed by atoms with Crippen LogP contribution in [0.5, 0.6) is 0 Å². The predicted molar refractivity (Wildman–Crippen MR) is 141 cm³/mol. The predicted octanol–water partition coefficient (Wildman–Crippen LogP) is 3.86. The van der Waals surface area contributed by atoms with Crippen LogP contribution in [0.3, 0.4) is 0 Å². The van der Waals surface area contributed by atoms with Crippen molar-refractivity contribution in [3.8, 4) is 0 Å². The van der Waals surface area contributed by atoms with Crippen molar-refractivity contribution in [2.75, 3.05) is 0 Å². The first kappa shape index (κ1) is 30.1. The van der Waals surface area contributed by atoms with Crippen molar-refractivity contribution < 1.29 is 38.4 Å². The third kappa shape index (κ3) is 8.78. The first-order valence-corrected chi connectivity index (χ1v) is 13.6. The summed E-state index contributed by atoms with van der Waals surface area (Å²) in [6.45, 7) is 11.2. The van der Waals surface area contributed by atoms with Crippen LogP contribution in [-0.2, 0) is 33.3 Å². The number of amides is 1. The van der Waals surface area contributed by atoms with Crippen molar-refractivity contribution >= 4 is 17.8 Å². The largest absolute Gasteiger partial charge is 0.481 e. The quantitative estimate of drug-likeness (QED) is 0.188. The van der Waals surface area contributed by atoms with E-state index in [9.17, 15) is 19.5 Å². The van der Waals surface area contributed by atoms with Gasteiger partial charge in [-0.3, -0.25) is 14.4 Å². The summed E-state index contributed by atoms with van der Waals surface area (Å²) in [5, 5.41) is 12.2. The second kappa shape index (κ2) is 13.0. The summed E-state index contributed by atoms with van der Waals surface area (Å²) < 4.78 is 23.1. The summed E-state index contributed by atoms with van der Waals surface area (Å²) in [5.74, 6) is -1.24. The van der Waals surface area contributed by atoms with Crippen LogP contribution < -0.4 is 5.32 Å². The van der Waals surface area contributed by atoms with Gasteiger partial charge in [-0.25, -0.2) is 0 Å². The molecule has 1 amide bonds. The number of carboxylic acids is 1. The first-order valence-electron chi connectivity index (χ1n) is 13.6. The van der Waals surface area contributed by atoms with E-state index in [1.54, 1.807) is 13.0 Å². The molecule has 2 N–H and O–H groups in total. The number of hydrogen-bond acceptors (Lipinski definition) is 7. The maximum atomic E-state index is 12.3. The molecule has 0 aromatic heterocycles. The number of carbonyl (C=O) groups is 3. The number of epoxide rings is 1. The topological polar surface area (TPSA) is 124 Å². The molecule has 3 aliphatic heterocycles. The van der Waals surface area contributed by atoms with E-state index in [0.717, 1.165) is 24.8 Å². The molecule has 3 heterocycles. The van der Waals surface area contributed by atoms with E-state index in [-0.39, 0.29) is 66.4 Å². The zero-order valence-corrected chi connectivity index (χ0v) is 23.3. The average Bonchev–Trinajstić information content (AvgIpc) is 3.42. The number of esters is 1. The Bertz CT molecular complexity index is 958. The van der Waals surface area contributed by atoms with Crippen LogP contribution in [0.15, 0.2) is 36.0 Å². The Balaban J connectivity index is 1.48. The second-order valence-electron chi connectivity index (χ2n) is 11.1. The Kier molecular flexibility index (Phi) is 10.3. The number of ether oxygens (including phenoxy) is 4. The summed E-state index contributed by atoms with van der Waals surface area (Å²) >= 11 is 0. The standard InChI is InChI=1S/C29H43NO8/c1-17(7-10-23-15-29(21(5)38-29)16-24(37-23)14-28(33)34)8-11-26-18(2)13-25(20(4)36-26)30-27(32)12-9-19(3)35-22(6)31/h7-10,12,18-21,23-26H,11,13-16H2,1-6H3,(H,30,32)(H,33,34). The monoisotopic (exact) mass is 533 g/mol. The van der Waals surface area contributed by atoms with Crippen LogP contribution in [0, 0.1) is 5.92 Å². The van der Waals surface area contributed by atoms with Crippen molar-refractivity contribution in [2.45, 2.75) is 122 Å². The number of carboxylic acid groups (broad SMARTS) is 1. The minimum atomic E-state index is -0.859. The molecule has 1 spiro atoms. The normalized spacial score (nSPS) is 36.4. The Morgan fingerprint density at radius 3 is 2.47 bits per heavy atom. The van der Waals surface area contributed by atoms with Gasteiger partial charge in [-0.2, -0.15) is 0 Å². The maximum absolute atomic E-state index is 12.3. The molecule has 0 aliphatic carbocycles. The van der Waals surface area contributed by atoms with Crippen molar-refractivity contribution in [1.29, 1.82) is 0 Å². The highest BCUT2D eigenvalue weighted by Crippen LogP contribution is 2.48. The van der Waals surface area contributed by atoms with E-state index in [4.69, 9.17) is 18.9 Å². The zero-order valence-electron chi connectivity index (χ0n) is 23.3.